The first-order valence-corrected chi connectivity index (χ1v) is 15.1. The zero-order valence-corrected chi connectivity index (χ0v) is 23.4. The summed E-state index contributed by atoms with van der Waals surface area (Å²) < 4.78 is 18.9. The Morgan fingerprint density at radius 3 is 2.44 bits per heavy atom. The third-order valence-electron chi connectivity index (χ3n) is 6.00. The van der Waals surface area contributed by atoms with Crippen molar-refractivity contribution in [1.82, 2.24) is 21.3 Å². The highest BCUT2D eigenvalue weighted by Gasteiger charge is 2.32. The molecule has 3 rings (SSSR count). The molecule has 0 radical (unpaired) electrons. The summed E-state index contributed by atoms with van der Waals surface area (Å²) in [6.07, 6.45) is 2.96. The van der Waals surface area contributed by atoms with Crippen LogP contribution in [0.15, 0.2) is 36.4 Å². The Hall–Kier alpha value is -3.06. The maximum absolute atomic E-state index is 13.4. The highest BCUT2D eigenvalue weighted by molar-refractivity contribution is 8.76. The number of esters is 1. The standard InChI is InChI=1S/C26H33FN4O6S2/c1-15(2)23-26(36)30-20-14-39-38-10-4-3-5-18(12-21(32)31-23)37-22(33)13-28-24(34)19(29-25(20)35)11-16-6-8-17(27)9-7-16/h3,5-9,15,18-20,23H,4,10-14H2,1-2H3,(H,28,34)(H,29,35)(H,30,36)(H,31,32)/b5-3+/t18?,19?,20-,23-/m1/s1. The average Bonchev–Trinajstić information content (AvgIpc) is 2.88. The Bertz CT molecular complexity index is 1080. The molecule has 1 aromatic rings. The maximum atomic E-state index is 13.4. The Morgan fingerprint density at radius 2 is 1.72 bits per heavy atom. The van der Waals surface area contributed by atoms with Gasteiger partial charge in [0.05, 0.1) is 6.42 Å². The number of ether oxygens (including phenoxy) is 1. The maximum Gasteiger partial charge on any atom is 0.326 e. The third kappa shape index (κ3) is 9.88. The van der Waals surface area contributed by atoms with E-state index in [2.05, 4.69) is 21.3 Å². The van der Waals surface area contributed by atoms with Gasteiger partial charge in [-0.2, -0.15) is 0 Å². The summed E-state index contributed by atoms with van der Waals surface area (Å²) in [6.45, 7) is 3.04. The summed E-state index contributed by atoms with van der Waals surface area (Å²) in [5.74, 6) is -2.94. The number of carbonyl (C=O) groups is 5. The summed E-state index contributed by atoms with van der Waals surface area (Å²) in [5.41, 5.74) is 0.582. The Morgan fingerprint density at radius 1 is 0.974 bits per heavy atom. The largest absolute Gasteiger partial charge is 0.456 e. The molecule has 13 heteroatoms. The third-order valence-corrected chi connectivity index (χ3v) is 8.44. The van der Waals surface area contributed by atoms with Crippen molar-refractivity contribution in [2.75, 3.05) is 18.1 Å². The topological polar surface area (TPSA) is 143 Å². The van der Waals surface area contributed by atoms with Gasteiger partial charge in [-0.1, -0.05) is 53.6 Å². The van der Waals surface area contributed by atoms with E-state index < -0.39 is 66.2 Å². The molecular formula is C26H33FN4O6S2. The molecule has 0 spiro atoms. The minimum absolute atomic E-state index is 0.0193. The number of nitrogens with one attached hydrogen (secondary N) is 4. The molecule has 2 heterocycles. The van der Waals surface area contributed by atoms with Crippen molar-refractivity contribution >= 4 is 51.2 Å². The lowest BCUT2D eigenvalue weighted by Crippen LogP contribution is -2.59. The molecule has 2 aliphatic heterocycles. The second-order valence-electron chi connectivity index (χ2n) is 9.52. The normalized spacial score (nSPS) is 26.9. The number of hydrogen-bond donors (Lipinski definition) is 4. The van der Waals surface area contributed by atoms with Gasteiger partial charge in [0.15, 0.2) is 0 Å². The molecule has 4 amide bonds. The molecule has 2 unspecified atom stereocenters. The zero-order chi connectivity index (χ0) is 28.4. The van der Waals surface area contributed by atoms with Crippen LogP contribution in [0, 0.1) is 11.7 Å². The Balaban J connectivity index is 1.96. The van der Waals surface area contributed by atoms with Crippen LogP contribution in [0.25, 0.3) is 0 Å². The Kier molecular flexibility index (Phi) is 11.7. The summed E-state index contributed by atoms with van der Waals surface area (Å²) in [6, 6.07) is 2.41. The predicted molar refractivity (Wildman–Crippen MR) is 147 cm³/mol. The second-order valence-corrected chi connectivity index (χ2v) is 12.1. The van der Waals surface area contributed by atoms with Gasteiger partial charge in [0.25, 0.3) is 0 Å². The van der Waals surface area contributed by atoms with E-state index in [0.717, 1.165) is 0 Å². The van der Waals surface area contributed by atoms with Crippen molar-refractivity contribution in [3.05, 3.63) is 47.8 Å². The van der Waals surface area contributed by atoms with E-state index in [1.165, 1.54) is 45.9 Å². The summed E-state index contributed by atoms with van der Waals surface area (Å²) in [5, 5.41) is 10.6. The first-order valence-electron chi connectivity index (χ1n) is 12.6. The van der Waals surface area contributed by atoms with E-state index in [0.29, 0.717) is 17.7 Å². The molecule has 2 aliphatic rings. The van der Waals surface area contributed by atoms with Gasteiger partial charge >= 0.3 is 5.97 Å². The minimum Gasteiger partial charge on any atom is -0.456 e. The molecule has 39 heavy (non-hydrogen) atoms. The molecular weight excluding hydrogens is 547 g/mol. The molecule has 4 N–H and O–H groups in total. The molecule has 2 bridgehead atoms. The molecule has 1 fully saturated rings. The van der Waals surface area contributed by atoms with Gasteiger partial charge in [-0.15, -0.1) is 0 Å². The fourth-order valence-electron chi connectivity index (χ4n) is 3.91. The predicted octanol–water partition coefficient (Wildman–Crippen LogP) is 1.25. The molecule has 4 atom stereocenters. The molecule has 0 aliphatic carbocycles. The fourth-order valence-corrected chi connectivity index (χ4v) is 6.07. The monoisotopic (exact) mass is 580 g/mol. The van der Waals surface area contributed by atoms with Crippen molar-refractivity contribution in [2.24, 2.45) is 5.92 Å². The van der Waals surface area contributed by atoms with Gasteiger partial charge in [0, 0.05) is 17.9 Å². The van der Waals surface area contributed by atoms with E-state index in [9.17, 15) is 28.4 Å². The number of halogens is 1. The second kappa shape index (κ2) is 14.9. The summed E-state index contributed by atoms with van der Waals surface area (Å²) in [4.78, 5) is 65.1. The van der Waals surface area contributed by atoms with E-state index in [1.54, 1.807) is 26.0 Å². The van der Waals surface area contributed by atoms with Crippen LogP contribution in [0.2, 0.25) is 0 Å². The molecule has 1 saturated heterocycles. The van der Waals surface area contributed by atoms with E-state index in [1.807, 2.05) is 0 Å². The SMILES string of the molecule is CC(C)[C@H]1NC(=O)CC2/C=C/CCSSC[C@@H](NC1=O)C(=O)NC(Cc1ccc(F)cc1)C(=O)NCC(=O)O2. The number of carbonyl (C=O) groups excluding carboxylic acids is 5. The first kappa shape index (κ1) is 30.5. The minimum atomic E-state index is -1.12. The summed E-state index contributed by atoms with van der Waals surface area (Å²) >= 11 is 0. The number of rotatable bonds is 3. The smallest absolute Gasteiger partial charge is 0.326 e. The highest BCUT2D eigenvalue weighted by Crippen LogP contribution is 2.24. The van der Waals surface area contributed by atoms with Gasteiger partial charge in [0.2, 0.25) is 23.6 Å². The lowest BCUT2D eigenvalue weighted by molar-refractivity contribution is -0.148. The average molecular weight is 581 g/mol. The number of allylic oxidation sites excluding steroid dienone is 1. The van der Waals surface area contributed by atoms with Crippen molar-refractivity contribution in [2.45, 2.75) is 57.3 Å². The van der Waals surface area contributed by atoms with Crippen LogP contribution < -0.4 is 21.3 Å². The molecule has 0 saturated carbocycles. The van der Waals surface area contributed by atoms with Crippen LogP contribution in [-0.2, 0) is 35.1 Å². The number of fused-ring (bicyclic) bond motifs is 7. The van der Waals surface area contributed by atoms with Crippen molar-refractivity contribution in [3.63, 3.8) is 0 Å². The molecule has 212 valence electrons. The first-order chi connectivity index (χ1) is 18.6. The number of hydrogen-bond acceptors (Lipinski definition) is 8. The van der Waals surface area contributed by atoms with Crippen LogP contribution in [0.1, 0.15) is 32.3 Å². The van der Waals surface area contributed by atoms with Crippen molar-refractivity contribution in [1.29, 1.82) is 0 Å². The van der Waals surface area contributed by atoms with E-state index >= 15 is 0 Å². The lowest BCUT2D eigenvalue weighted by atomic mass is 10.0. The van der Waals surface area contributed by atoms with Crippen molar-refractivity contribution in [3.8, 4) is 0 Å². The molecule has 0 aromatic heterocycles. The lowest BCUT2D eigenvalue weighted by Gasteiger charge is -2.27. The number of benzene rings is 1. The van der Waals surface area contributed by atoms with Crippen molar-refractivity contribution < 1.29 is 33.1 Å². The molecule has 1 aromatic carbocycles. The Labute approximate surface area is 234 Å². The van der Waals surface area contributed by atoms with Gasteiger partial charge in [-0.05, 0) is 36.1 Å². The quantitative estimate of drug-likeness (QED) is 0.238. The van der Waals surface area contributed by atoms with Crippen LogP contribution in [0.5, 0.6) is 0 Å². The van der Waals surface area contributed by atoms with Gasteiger partial charge in [-0.25, -0.2) is 4.39 Å². The fraction of sp³-hybridized carbons (Fsp3) is 0.500. The summed E-state index contributed by atoms with van der Waals surface area (Å²) in [7, 11) is 2.89. The van der Waals surface area contributed by atoms with Gasteiger partial charge in [-0.3, -0.25) is 24.0 Å². The van der Waals surface area contributed by atoms with E-state index in [4.69, 9.17) is 4.74 Å². The van der Waals surface area contributed by atoms with E-state index in [-0.39, 0.29) is 24.5 Å². The van der Waals surface area contributed by atoms with Crippen LogP contribution in [-0.4, -0.2) is 71.9 Å². The molecule has 10 nitrogen and oxygen atoms in total. The van der Waals surface area contributed by atoms with Gasteiger partial charge in [0.1, 0.15) is 36.6 Å². The zero-order valence-electron chi connectivity index (χ0n) is 21.7. The van der Waals surface area contributed by atoms with Crippen LogP contribution in [0.3, 0.4) is 0 Å². The van der Waals surface area contributed by atoms with Crippen LogP contribution >= 0.6 is 21.6 Å². The van der Waals surface area contributed by atoms with Gasteiger partial charge < -0.3 is 26.0 Å². The van der Waals surface area contributed by atoms with Crippen LogP contribution in [0.4, 0.5) is 4.39 Å². The highest BCUT2D eigenvalue weighted by atomic mass is 33.1. The number of amides is 4.